The fourth-order valence-corrected chi connectivity index (χ4v) is 2.84. The third-order valence-corrected chi connectivity index (χ3v) is 3.94. The lowest BCUT2D eigenvalue weighted by molar-refractivity contribution is 0.0780. The van der Waals surface area contributed by atoms with Crippen molar-refractivity contribution in [2.75, 3.05) is 19.8 Å². The van der Waals surface area contributed by atoms with E-state index >= 15 is 0 Å². The summed E-state index contributed by atoms with van der Waals surface area (Å²) in [5, 5.41) is 2.95. The molecule has 3 heterocycles. The summed E-state index contributed by atoms with van der Waals surface area (Å²) in [4.78, 5) is 20.0. The van der Waals surface area contributed by atoms with E-state index in [-0.39, 0.29) is 11.3 Å². The van der Waals surface area contributed by atoms with Gasteiger partial charge in [-0.05, 0) is 24.7 Å². The average molecular weight is 263 g/mol. The molecular weight excluding hydrogens is 242 g/mol. The number of hydrogen-bond acceptors (Lipinski definition) is 3. The van der Waals surface area contributed by atoms with E-state index in [1.165, 1.54) is 0 Å². The second-order valence-electron chi connectivity index (χ2n) is 6.39. The molecule has 1 fully saturated rings. The van der Waals surface area contributed by atoms with E-state index in [9.17, 15) is 4.79 Å². The van der Waals surface area contributed by atoms with Gasteiger partial charge in [-0.2, -0.15) is 0 Å². The Morgan fingerprint density at radius 2 is 2.26 bits per heavy atom. The van der Waals surface area contributed by atoms with Gasteiger partial charge in [-0.15, -0.1) is 0 Å². The topological polar surface area (TPSA) is 67.0 Å². The standard InChI is InChI=1S/C14H21N3O2/c1-14(2)6-10-11(13(18)15-8-14)17-12(16-10)9-4-3-5-19-7-9/h9H,3-8H2,1-2H3,(H,15,18)(H,16,17)/t9-/m0/s1. The molecule has 3 rings (SSSR count). The molecule has 0 spiro atoms. The third kappa shape index (κ3) is 2.52. The van der Waals surface area contributed by atoms with Crippen LogP contribution in [0.25, 0.3) is 0 Å². The molecule has 1 aromatic rings. The molecule has 2 aliphatic rings. The van der Waals surface area contributed by atoms with Gasteiger partial charge in [-0.25, -0.2) is 4.98 Å². The fraction of sp³-hybridized carbons (Fsp3) is 0.714. The largest absolute Gasteiger partial charge is 0.381 e. The summed E-state index contributed by atoms with van der Waals surface area (Å²) in [7, 11) is 0. The van der Waals surface area contributed by atoms with Crippen molar-refractivity contribution < 1.29 is 9.53 Å². The number of nitrogens with one attached hydrogen (secondary N) is 2. The quantitative estimate of drug-likeness (QED) is 0.809. The smallest absolute Gasteiger partial charge is 0.271 e. The first-order valence-corrected chi connectivity index (χ1v) is 7.00. The first-order valence-electron chi connectivity index (χ1n) is 7.00. The average Bonchev–Trinajstić information content (AvgIpc) is 2.76. The number of rotatable bonds is 1. The highest BCUT2D eigenvalue weighted by molar-refractivity contribution is 5.94. The van der Waals surface area contributed by atoms with Crippen LogP contribution in [0.4, 0.5) is 0 Å². The second kappa shape index (κ2) is 4.63. The van der Waals surface area contributed by atoms with Crippen molar-refractivity contribution in [2.24, 2.45) is 5.41 Å². The molecule has 1 aromatic heterocycles. The maximum absolute atomic E-state index is 12.1. The minimum atomic E-state index is -0.0557. The van der Waals surface area contributed by atoms with Crippen LogP contribution in [0.15, 0.2) is 0 Å². The predicted octanol–water partition coefficient (Wildman–Crippen LogP) is 1.62. The first kappa shape index (κ1) is 12.7. The lowest BCUT2D eigenvalue weighted by Crippen LogP contribution is -2.32. The minimum absolute atomic E-state index is 0.0557. The zero-order valence-corrected chi connectivity index (χ0v) is 11.6. The van der Waals surface area contributed by atoms with E-state index in [1.54, 1.807) is 0 Å². The molecule has 1 saturated heterocycles. The first-order chi connectivity index (χ1) is 9.05. The number of hydrogen-bond donors (Lipinski definition) is 2. The monoisotopic (exact) mass is 263 g/mol. The van der Waals surface area contributed by atoms with Crippen LogP contribution in [0.5, 0.6) is 0 Å². The number of H-pyrrole nitrogens is 1. The SMILES string of the molecule is CC1(C)CNC(=O)c2nc([C@H]3CCCOC3)[nH]c2C1. The molecule has 0 unspecified atom stereocenters. The Balaban J connectivity index is 1.90. The van der Waals surface area contributed by atoms with E-state index in [1.807, 2.05) is 0 Å². The van der Waals surface area contributed by atoms with Crippen LogP contribution in [-0.4, -0.2) is 35.6 Å². The zero-order valence-electron chi connectivity index (χ0n) is 11.6. The Hall–Kier alpha value is -1.36. The number of aromatic nitrogens is 2. The van der Waals surface area contributed by atoms with Gasteiger partial charge in [0.25, 0.3) is 5.91 Å². The van der Waals surface area contributed by atoms with Crippen LogP contribution in [0.1, 0.15) is 54.6 Å². The summed E-state index contributed by atoms with van der Waals surface area (Å²) in [5.74, 6) is 1.16. The number of ether oxygens (including phenoxy) is 1. The van der Waals surface area contributed by atoms with Gasteiger partial charge in [0.2, 0.25) is 0 Å². The Morgan fingerprint density at radius 1 is 1.42 bits per heavy atom. The number of imidazole rings is 1. The molecule has 0 bridgehead atoms. The maximum atomic E-state index is 12.1. The molecule has 0 aliphatic carbocycles. The van der Waals surface area contributed by atoms with Gasteiger partial charge in [0.1, 0.15) is 11.5 Å². The number of aromatic amines is 1. The minimum Gasteiger partial charge on any atom is -0.381 e. The highest BCUT2D eigenvalue weighted by Crippen LogP contribution is 2.29. The predicted molar refractivity (Wildman–Crippen MR) is 71.2 cm³/mol. The highest BCUT2D eigenvalue weighted by atomic mass is 16.5. The van der Waals surface area contributed by atoms with E-state index in [0.717, 1.165) is 37.4 Å². The summed E-state index contributed by atoms with van der Waals surface area (Å²) in [5.41, 5.74) is 1.61. The van der Waals surface area contributed by atoms with Crippen LogP contribution in [0, 0.1) is 5.41 Å². The molecule has 5 heteroatoms. The van der Waals surface area contributed by atoms with Gasteiger partial charge in [0.05, 0.1) is 6.61 Å². The van der Waals surface area contributed by atoms with E-state index in [2.05, 4.69) is 29.1 Å². The van der Waals surface area contributed by atoms with Gasteiger partial charge in [0.15, 0.2) is 0 Å². The van der Waals surface area contributed by atoms with Crippen molar-refractivity contribution in [3.63, 3.8) is 0 Å². The lowest BCUT2D eigenvalue weighted by Gasteiger charge is -2.22. The molecule has 0 radical (unpaired) electrons. The van der Waals surface area contributed by atoms with E-state index in [0.29, 0.717) is 24.8 Å². The van der Waals surface area contributed by atoms with Gasteiger partial charge in [-0.1, -0.05) is 13.8 Å². The maximum Gasteiger partial charge on any atom is 0.271 e. The summed E-state index contributed by atoms with van der Waals surface area (Å²) in [6.07, 6.45) is 2.99. The van der Waals surface area contributed by atoms with Crippen molar-refractivity contribution in [3.8, 4) is 0 Å². The Kier molecular flexibility index (Phi) is 3.09. The Labute approximate surface area is 113 Å². The molecular formula is C14H21N3O2. The third-order valence-electron chi connectivity index (χ3n) is 3.94. The molecule has 0 saturated carbocycles. The Bertz CT molecular complexity index is 487. The van der Waals surface area contributed by atoms with Crippen molar-refractivity contribution in [2.45, 2.75) is 39.0 Å². The van der Waals surface area contributed by atoms with Crippen molar-refractivity contribution in [3.05, 3.63) is 17.2 Å². The second-order valence-corrected chi connectivity index (χ2v) is 6.39. The molecule has 0 aromatic carbocycles. The number of nitrogens with zero attached hydrogens (tertiary/aromatic N) is 1. The van der Waals surface area contributed by atoms with Crippen LogP contribution in [-0.2, 0) is 11.2 Å². The van der Waals surface area contributed by atoms with Crippen molar-refractivity contribution in [1.29, 1.82) is 0 Å². The lowest BCUT2D eigenvalue weighted by atomic mass is 9.88. The molecule has 2 N–H and O–H groups in total. The highest BCUT2D eigenvalue weighted by Gasteiger charge is 2.31. The summed E-state index contributed by atoms with van der Waals surface area (Å²) in [6, 6.07) is 0. The van der Waals surface area contributed by atoms with Crippen LogP contribution in [0.2, 0.25) is 0 Å². The molecule has 2 aliphatic heterocycles. The number of carbonyl (C=O) groups is 1. The van der Waals surface area contributed by atoms with E-state index in [4.69, 9.17) is 4.74 Å². The van der Waals surface area contributed by atoms with Crippen molar-refractivity contribution >= 4 is 5.91 Å². The zero-order chi connectivity index (χ0) is 13.5. The summed E-state index contributed by atoms with van der Waals surface area (Å²) in [6.45, 7) is 6.55. The number of amides is 1. The molecule has 5 nitrogen and oxygen atoms in total. The van der Waals surface area contributed by atoms with Gasteiger partial charge < -0.3 is 15.0 Å². The van der Waals surface area contributed by atoms with Crippen LogP contribution >= 0.6 is 0 Å². The molecule has 19 heavy (non-hydrogen) atoms. The Morgan fingerprint density at radius 3 is 3.00 bits per heavy atom. The van der Waals surface area contributed by atoms with E-state index < -0.39 is 0 Å². The normalized spacial score (nSPS) is 26.4. The van der Waals surface area contributed by atoms with Gasteiger partial charge in [-0.3, -0.25) is 4.79 Å². The van der Waals surface area contributed by atoms with Gasteiger partial charge >= 0.3 is 0 Å². The fourth-order valence-electron chi connectivity index (χ4n) is 2.84. The molecule has 104 valence electrons. The number of fused-ring (bicyclic) bond motifs is 1. The molecule has 1 amide bonds. The van der Waals surface area contributed by atoms with Crippen molar-refractivity contribution in [1.82, 2.24) is 15.3 Å². The van der Waals surface area contributed by atoms with Crippen LogP contribution < -0.4 is 5.32 Å². The number of carbonyl (C=O) groups excluding carboxylic acids is 1. The summed E-state index contributed by atoms with van der Waals surface area (Å²) >= 11 is 0. The van der Waals surface area contributed by atoms with Gasteiger partial charge in [0, 0.05) is 24.8 Å². The molecule has 1 atom stereocenters. The van der Waals surface area contributed by atoms with Crippen LogP contribution in [0.3, 0.4) is 0 Å². The summed E-state index contributed by atoms with van der Waals surface area (Å²) < 4.78 is 5.50.